The van der Waals surface area contributed by atoms with Crippen LogP contribution >= 0.6 is 12.2 Å². The number of aryl methyl sites for hydroxylation is 2. The molecule has 0 atom stereocenters. The number of nitrogens with one attached hydrogen (secondary N) is 2. The fraction of sp³-hybridized carbons (Fsp3) is 0.600. The van der Waals surface area contributed by atoms with E-state index < -0.39 is 0 Å². The molecule has 1 aromatic rings. The Labute approximate surface area is 96.1 Å². The van der Waals surface area contributed by atoms with Gasteiger partial charge in [0.25, 0.3) is 0 Å². The monoisotopic (exact) mass is 226 g/mol. The molecule has 0 unspecified atom stereocenters. The molecule has 5 heteroatoms. The van der Waals surface area contributed by atoms with Gasteiger partial charge in [0, 0.05) is 19.7 Å². The van der Waals surface area contributed by atoms with Gasteiger partial charge in [-0.05, 0) is 25.1 Å². The Morgan fingerprint density at radius 1 is 1.60 bits per heavy atom. The molecule has 0 aliphatic rings. The van der Waals surface area contributed by atoms with Crippen LogP contribution in [0.2, 0.25) is 0 Å². The lowest BCUT2D eigenvalue weighted by Crippen LogP contribution is -2.32. The second-order valence-electron chi connectivity index (χ2n) is 4.02. The first-order chi connectivity index (χ1) is 6.99. The van der Waals surface area contributed by atoms with E-state index in [9.17, 15) is 0 Å². The van der Waals surface area contributed by atoms with Crippen LogP contribution in [0.4, 0.5) is 5.82 Å². The molecule has 4 nitrogen and oxygen atoms in total. The van der Waals surface area contributed by atoms with Gasteiger partial charge < -0.3 is 10.6 Å². The van der Waals surface area contributed by atoms with Gasteiger partial charge in [-0.15, -0.1) is 0 Å². The minimum atomic E-state index is 0.582. The van der Waals surface area contributed by atoms with Crippen LogP contribution in [0.3, 0.4) is 0 Å². The van der Waals surface area contributed by atoms with E-state index in [1.54, 1.807) is 4.68 Å². The normalized spacial score (nSPS) is 10.5. The first kappa shape index (κ1) is 12.0. The predicted molar refractivity (Wildman–Crippen MR) is 67.0 cm³/mol. The van der Waals surface area contributed by atoms with Crippen molar-refractivity contribution in [3.8, 4) is 0 Å². The van der Waals surface area contributed by atoms with Crippen molar-refractivity contribution >= 4 is 23.1 Å². The maximum absolute atomic E-state index is 5.16. The molecule has 2 N–H and O–H groups in total. The molecule has 0 radical (unpaired) electrons. The Morgan fingerprint density at radius 2 is 2.27 bits per heavy atom. The van der Waals surface area contributed by atoms with Gasteiger partial charge in [0.2, 0.25) is 0 Å². The largest absolute Gasteiger partial charge is 0.362 e. The molecule has 1 rings (SSSR count). The number of hydrogen-bond acceptors (Lipinski definition) is 2. The summed E-state index contributed by atoms with van der Waals surface area (Å²) in [4.78, 5) is 0. The van der Waals surface area contributed by atoms with Gasteiger partial charge in [0.15, 0.2) is 5.11 Å². The maximum Gasteiger partial charge on any atom is 0.171 e. The first-order valence-corrected chi connectivity index (χ1v) is 5.45. The van der Waals surface area contributed by atoms with Gasteiger partial charge in [-0.1, -0.05) is 13.8 Å². The maximum atomic E-state index is 5.16. The van der Waals surface area contributed by atoms with Crippen LogP contribution in [-0.4, -0.2) is 21.4 Å². The zero-order valence-corrected chi connectivity index (χ0v) is 10.5. The van der Waals surface area contributed by atoms with Crippen molar-refractivity contribution in [3.63, 3.8) is 0 Å². The molecule has 15 heavy (non-hydrogen) atoms. The summed E-state index contributed by atoms with van der Waals surface area (Å²) in [7, 11) is 1.89. The second-order valence-corrected chi connectivity index (χ2v) is 4.43. The lowest BCUT2D eigenvalue weighted by molar-refractivity contribution is 0.627. The van der Waals surface area contributed by atoms with Crippen molar-refractivity contribution in [2.45, 2.75) is 20.8 Å². The number of rotatable bonds is 3. The van der Waals surface area contributed by atoms with Gasteiger partial charge >= 0.3 is 0 Å². The van der Waals surface area contributed by atoms with Crippen LogP contribution in [0, 0.1) is 12.8 Å². The van der Waals surface area contributed by atoms with E-state index in [4.69, 9.17) is 12.2 Å². The van der Waals surface area contributed by atoms with E-state index in [1.807, 2.05) is 20.0 Å². The summed E-state index contributed by atoms with van der Waals surface area (Å²) >= 11 is 5.16. The second kappa shape index (κ2) is 5.11. The molecule has 0 spiro atoms. The third-order valence-electron chi connectivity index (χ3n) is 1.91. The zero-order valence-electron chi connectivity index (χ0n) is 9.66. The van der Waals surface area contributed by atoms with Crippen molar-refractivity contribution in [3.05, 3.63) is 11.8 Å². The van der Waals surface area contributed by atoms with Crippen molar-refractivity contribution in [2.75, 3.05) is 11.9 Å². The molecule has 0 aromatic carbocycles. The van der Waals surface area contributed by atoms with Gasteiger partial charge in [0.05, 0.1) is 5.69 Å². The summed E-state index contributed by atoms with van der Waals surface area (Å²) in [5.74, 6) is 1.49. The standard InChI is InChI=1S/C10H18N4S/c1-7(2)6-11-10(15)12-9-5-8(3)13-14(9)4/h5,7H,6H2,1-4H3,(H2,11,12,15). The van der Waals surface area contributed by atoms with Crippen LogP contribution in [0.25, 0.3) is 0 Å². The quantitative estimate of drug-likeness (QED) is 0.769. The smallest absolute Gasteiger partial charge is 0.171 e. The number of thiocarbonyl (C=S) groups is 1. The number of hydrogen-bond donors (Lipinski definition) is 2. The lowest BCUT2D eigenvalue weighted by atomic mass is 10.2. The summed E-state index contributed by atoms with van der Waals surface area (Å²) in [5, 5.41) is 11.1. The molecule has 0 saturated carbocycles. The molecule has 0 bridgehead atoms. The third-order valence-corrected chi connectivity index (χ3v) is 2.16. The minimum absolute atomic E-state index is 0.582. The van der Waals surface area contributed by atoms with E-state index >= 15 is 0 Å². The van der Waals surface area contributed by atoms with Gasteiger partial charge in [-0.2, -0.15) is 5.10 Å². The number of anilines is 1. The average molecular weight is 226 g/mol. The molecule has 1 heterocycles. The molecule has 0 amide bonds. The summed E-state index contributed by atoms with van der Waals surface area (Å²) < 4.78 is 1.78. The van der Waals surface area contributed by atoms with E-state index in [1.165, 1.54) is 0 Å². The fourth-order valence-electron chi connectivity index (χ4n) is 1.18. The summed E-state index contributed by atoms with van der Waals surface area (Å²) in [5.41, 5.74) is 0.978. The summed E-state index contributed by atoms with van der Waals surface area (Å²) in [6.45, 7) is 7.12. The van der Waals surface area contributed by atoms with E-state index in [-0.39, 0.29) is 0 Å². The molecule has 0 saturated heterocycles. The fourth-order valence-corrected chi connectivity index (χ4v) is 1.37. The Balaban J connectivity index is 2.48. The van der Waals surface area contributed by atoms with Crippen LogP contribution in [0.1, 0.15) is 19.5 Å². The Kier molecular flexibility index (Phi) is 4.08. The van der Waals surface area contributed by atoms with Crippen LogP contribution in [-0.2, 0) is 7.05 Å². The van der Waals surface area contributed by atoms with Crippen molar-refractivity contribution in [2.24, 2.45) is 13.0 Å². The van der Waals surface area contributed by atoms with E-state index in [2.05, 4.69) is 29.6 Å². The summed E-state index contributed by atoms with van der Waals surface area (Å²) in [6.07, 6.45) is 0. The Hall–Kier alpha value is -1.10. The molecule has 84 valence electrons. The van der Waals surface area contributed by atoms with E-state index in [0.717, 1.165) is 18.1 Å². The topological polar surface area (TPSA) is 41.9 Å². The SMILES string of the molecule is Cc1cc(NC(=S)NCC(C)C)n(C)n1. The molecular formula is C10H18N4S. The molecular weight excluding hydrogens is 208 g/mol. The molecule has 0 fully saturated rings. The molecule has 0 aliphatic heterocycles. The molecule has 0 aliphatic carbocycles. The number of aromatic nitrogens is 2. The van der Waals surface area contributed by atoms with Crippen molar-refractivity contribution < 1.29 is 0 Å². The highest BCUT2D eigenvalue weighted by atomic mass is 32.1. The minimum Gasteiger partial charge on any atom is -0.362 e. The highest BCUT2D eigenvalue weighted by Gasteiger charge is 2.03. The van der Waals surface area contributed by atoms with Gasteiger partial charge in [-0.3, -0.25) is 4.68 Å². The highest BCUT2D eigenvalue weighted by molar-refractivity contribution is 7.80. The average Bonchev–Trinajstić information content (AvgIpc) is 2.42. The van der Waals surface area contributed by atoms with Crippen LogP contribution < -0.4 is 10.6 Å². The van der Waals surface area contributed by atoms with Crippen LogP contribution in [0.15, 0.2) is 6.07 Å². The van der Waals surface area contributed by atoms with Crippen molar-refractivity contribution in [1.82, 2.24) is 15.1 Å². The number of nitrogens with zero attached hydrogens (tertiary/aromatic N) is 2. The Morgan fingerprint density at radius 3 is 2.73 bits per heavy atom. The molecule has 1 aromatic heterocycles. The lowest BCUT2D eigenvalue weighted by Gasteiger charge is -2.11. The Bertz CT molecular complexity index is 343. The first-order valence-electron chi connectivity index (χ1n) is 5.04. The zero-order chi connectivity index (χ0) is 11.4. The highest BCUT2D eigenvalue weighted by Crippen LogP contribution is 2.07. The van der Waals surface area contributed by atoms with Crippen LogP contribution in [0.5, 0.6) is 0 Å². The summed E-state index contributed by atoms with van der Waals surface area (Å²) in [6, 6.07) is 1.96. The third kappa shape index (κ3) is 3.87. The predicted octanol–water partition coefficient (Wildman–Crippen LogP) is 1.67. The van der Waals surface area contributed by atoms with E-state index in [0.29, 0.717) is 11.0 Å². The van der Waals surface area contributed by atoms with Gasteiger partial charge in [-0.25, -0.2) is 0 Å². The van der Waals surface area contributed by atoms with Crippen molar-refractivity contribution in [1.29, 1.82) is 0 Å². The van der Waals surface area contributed by atoms with Gasteiger partial charge in [0.1, 0.15) is 5.82 Å².